The summed E-state index contributed by atoms with van der Waals surface area (Å²) in [6, 6.07) is 3.42. The maximum Gasteiger partial charge on any atom is 0.293 e. The van der Waals surface area contributed by atoms with Gasteiger partial charge in [-0.05, 0) is 23.9 Å². The second-order valence-corrected chi connectivity index (χ2v) is 5.52. The highest BCUT2D eigenvalue weighted by Crippen LogP contribution is 2.40. The highest BCUT2D eigenvalue weighted by Gasteiger charge is 2.34. The molecule has 1 aromatic carbocycles. The van der Waals surface area contributed by atoms with E-state index in [2.05, 4.69) is 6.58 Å². The summed E-state index contributed by atoms with van der Waals surface area (Å²) >= 11 is 0.892. The quantitative estimate of drug-likeness (QED) is 0.628. The largest absolute Gasteiger partial charge is 0.496 e. The number of methoxy groups -OCH3 is 1. The lowest BCUT2D eigenvalue weighted by Crippen LogP contribution is -2.27. The highest BCUT2D eigenvalue weighted by molar-refractivity contribution is 8.18. The van der Waals surface area contributed by atoms with Gasteiger partial charge in [0.2, 0.25) is 6.79 Å². The summed E-state index contributed by atoms with van der Waals surface area (Å²) in [5.41, 5.74) is 0.649. The summed E-state index contributed by atoms with van der Waals surface area (Å²) in [7, 11) is 1.53. The SMILES string of the molecule is C=CCN1C(=O)S/C(=C/c2cc3c(cc2OC)OCO3)C1=O. The molecule has 1 fully saturated rings. The Bertz CT molecular complexity index is 697. The van der Waals surface area contributed by atoms with Crippen molar-refractivity contribution < 1.29 is 23.8 Å². The summed E-state index contributed by atoms with van der Waals surface area (Å²) in [4.78, 5) is 25.5. The van der Waals surface area contributed by atoms with Crippen molar-refractivity contribution in [2.24, 2.45) is 0 Å². The molecule has 2 aliphatic rings. The first-order valence-electron chi connectivity index (χ1n) is 6.48. The molecule has 2 amide bonds. The van der Waals surface area contributed by atoms with E-state index in [4.69, 9.17) is 14.2 Å². The molecule has 0 aliphatic carbocycles. The van der Waals surface area contributed by atoms with E-state index in [-0.39, 0.29) is 24.5 Å². The van der Waals surface area contributed by atoms with Crippen molar-refractivity contribution >= 4 is 29.0 Å². The lowest BCUT2D eigenvalue weighted by atomic mass is 10.1. The number of nitrogens with zero attached hydrogens (tertiary/aromatic N) is 1. The number of hydrogen-bond donors (Lipinski definition) is 0. The molecular formula is C15H13NO5S. The van der Waals surface area contributed by atoms with Gasteiger partial charge in [0.05, 0.1) is 12.0 Å². The molecular weight excluding hydrogens is 306 g/mol. The number of carbonyl (C=O) groups excluding carboxylic acids is 2. The number of carbonyl (C=O) groups is 2. The number of ether oxygens (including phenoxy) is 3. The number of imide groups is 1. The number of fused-ring (bicyclic) bond motifs is 1. The first-order valence-corrected chi connectivity index (χ1v) is 7.29. The van der Waals surface area contributed by atoms with Crippen LogP contribution in [0, 0.1) is 0 Å². The second kappa shape index (κ2) is 5.76. The average molecular weight is 319 g/mol. The summed E-state index contributed by atoms with van der Waals surface area (Å²) in [5, 5.41) is -0.309. The van der Waals surface area contributed by atoms with Crippen molar-refractivity contribution in [3.63, 3.8) is 0 Å². The van der Waals surface area contributed by atoms with Gasteiger partial charge < -0.3 is 14.2 Å². The third kappa shape index (κ3) is 2.43. The second-order valence-electron chi connectivity index (χ2n) is 4.53. The zero-order valence-corrected chi connectivity index (χ0v) is 12.6. The van der Waals surface area contributed by atoms with Gasteiger partial charge in [0.25, 0.3) is 11.1 Å². The van der Waals surface area contributed by atoms with Crippen LogP contribution in [-0.2, 0) is 4.79 Å². The summed E-state index contributed by atoms with van der Waals surface area (Å²) < 4.78 is 15.9. The minimum atomic E-state index is -0.338. The Hall–Kier alpha value is -2.41. The first kappa shape index (κ1) is 14.5. The number of benzene rings is 1. The van der Waals surface area contributed by atoms with Crippen LogP contribution < -0.4 is 14.2 Å². The Morgan fingerprint density at radius 1 is 1.36 bits per heavy atom. The average Bonchev–Trinajstić information content (AvgIpc) is 3.06. The molecule has 1 aromatic rings. The Kier molecular flexibility index (Phi) is 3.81. The standard InChI is InChI=1S/C15H13NO5S/c1-3-4-16-14(17)13(22-15(16)18)6-9-5-11-12(21-8-20-11)7-10(9)19-2/h3,5-7H,1,4,8H2,2H3/b13-6+. The fourth-order valence-corrected chi connectivity index (χ4v) is 3.00. The Morgan fingerprint density at radius 2 is 2.09 bits per heavy atom. The minimum absolute atomic E-state index is 0.151. The molecule has 114 valence electrons. The van der Waals surface area contributed by atoms with Gasteiger partial charge in [0.15, 0.2) is 11.5 Å². The van der Waals surface area contributed by atoms with E-state index < -0.39 is 0 Å². The van der Waals surface area contributed by atoms with E-state index in [1.807, 2.05) is 0 Å². The van der Waals surface area contributed by atoms with Crippen LogP contribution in [0.5, 0.6) is 17.2 Å². The molecule has 7 heteroatoms. The van der Waals surface area contributed by atoms with Gasteiger partial charge in [-0.1, -0.05) is 6.08 Å². The number of rotatable bonds is 4. The van der Waals surface area contributed by atoms with E-state index in [0.29, 0.717) is 27.7 Å². The maximum absolute atomic E-state index is 12.2. The fourth-order valence-electron chi connectivity index (χ4n) is 2.16. The van der Waals surface area contributed by atoms with E-state index in [9.17, 15) is 9.59 Å². The van der Waals surface area contributed by atoms with E-state index in [1.165, 1.54) is 13.2 Å². The molecule has 3 rings (SSSR count). The van der Waals surface area contributed by atoms with Crippen LogP contribution in [0.2, 0.25) is 0 Å². The third-order valence-corrected chi connectivity index (χ3v) is 4.10. The lowest BCUT2D eigenvalue weighted by molar-refractivity contribution is -0.122. The Morgan fingerprint density at radius 3 is 2.77 bits per heavy atom. The lowest BCUT2D eigenvalue weighted by Gasteiger charge is -2.08. The van der Waals surface area contributed by atoms with Gasteiger partial charge in [-0.25, -0.2) is 0 Å². The van der Waals surface area contributed by atoms with Gasteiger partial charge in [-0.2, -0.15) is 0 Å². The fraction of sp³-hybridized carbons (Fsp3) is 0.200. The maximum atomic E-state index is 12.2. The molecule has 6 nitrogen and oxygen atoms in total. The van der Waals surface area contributed by atoms with E-state index >= 15 is 0 Å². The molecule has 2 aliphatic heterocycles. The van der Waals surface area contributed by atoms with Gasteiger partial charge in [0.1, 0.15) is 5.75 Å². The van der Waals surface area contributed by atoms with Crippen LogP contribution in [0.15, 0.2) is 29.7 Å². The van der Waals surface area contributed by atoms with Crippen LogP contribution >= 0.6 is 11.8 Å². The smallest absolute Gasteiger partial charge is 0.293 e. The normalized spacial score (nSPS) is 18.2. The third-order valence-electron chi connectivity index (χ3n) is 3.20. The molecule has 0 N–H and O–H groups in total. The zero-order valence-electron chi connectivity index (χ0n) is 11.8. The van der Waals surface area contributed by atoms with E-state index in [1.54, 1.807) is 18.2 Å². The predicted octanol–water partition coefficient (Wildman–Crippen LogP) is 2.65. The van der Waals surface area contributed by atoms with Crippen LogP contribution in [0.3, 0.4) is 0 Å². The summed E-state index contributed by atoms with van der Waals surface area (Å²) in [5.74, 6) is 1.38. The van der Waals surface area contributed by atoms with Gasteiger partial charge in [-0.3, -0.25) is 14.5 Å². The monoisotopic (exact) mass is 319 g/mol. The number of thioether (sulfide) groups is 1. The first-order chi connectivity index (χ1) is 10.6. The topological polar surface area (TPSA) is 65.1 Å². The van der Waals surface area contributed by atoms with Gasteiger partial charge >= 0.3 is 0 Å². The molecule has 0 bridgehead atoms. The molecule has 0 atom stereocenters. The zero-order chi connectivity index (χ0) is 15.7. The molecule has 0 unspecified atom stereocenters. The van der Waals surface area contributed by atoms with Crippen molar-refractivity contribution in [3.05, 3.63) is 35.3 Å². The summed E-state index contributed by atoms with van der Waals surface area (Å²) in [6.07, 6.45) is 3.13. The predicted molar refractivity (Wildman–Crippen MR) is 82.0 cm³/mol. The van der Waals surface area contributed by atoms with Crippen molar-refractivity contribution in [2.45, 2.75) is 0 Å². The summed E-state index contributed by atoms with van der Waals surface area (Å²) in [6.45, 7) is 3.89. The van der Waals surface area contributed by atoms with Crippen LogP contribution in [0.25, 0.3) is 6.08 Å². The van der Waals surface area contributed by atoms with Crippen LogP contribution in [0.1, 0.15) is 5.56 Å². The van der Waals surface area contributed by atoms with E-state index in [0.717, 1.165) is 16.7 Å². The molecule has 0 spiro atoms. The molecule has 0 radical (unpaired) electrons. The molecule has 0 saturated carbocycles. The Balaban J connectivity index is 1.97. The molecule has 22 heavy (non-hydrogen) atoms. The molecule has 1 saturated heterocycles. The number of amides is 2. The van der Waals surface area contributed by atoms with Crippen molar-refractivity contribution in [1.82, 2.24) is 4.90 Å². The Labute approximate surface area is 131 Å². The van der Waals surface area contributed by atoms with Crippen LogP contribution in [-0.4, -0.2) is 36.5 Å². The number of hydrogen-bond acceptors (Lipinski definition) is 6. The highest BCUT2D eigenvalue weighted by atomic mass is 32.2. The van der Waals surface area contributed by atoms with Crippen molar-refractivity contribution in [2.75, 3.05) is 20.4 Å². The van der Waals surface area contributed by atoms with Gasteiger partial charge in [0, 0.05) is 18.2 Å². The van der Waals surface area contributed by atoms with Crippen LogP contribution in [0.4, 0.5) is 4.79 Å². The molecule has 2 heterocycles. The van der Waals surface area contributed by atoms with Crippen molar-refractivity contribution in [1.29, 1.82) is 0 Å². The van der Waals surface area contributed by atoms with Crippen molar-refractivity contribution in [3.8, 4) is 17.2 Å². The molecule has 0 aromatic heterocycles. The minimum Gasteiger partial charge on any atom is -0.496 e. The van der Waals surface area contributed by atoms with Gasteiger partial charge in [-0.15, -0.1) is 6.58 Å².